The molecule has 39 heavy (non-hydrogen) atoms. The van der Waals surface area contributed by atoms with E-state index in [1.54, 1.807) is 13.0 Å². The van der Waals surface area contributed by atoms with Gasteiger partial charge in [-0.05, 0) is 31.7 Å². The monoisotopic (exact) mass is 545 g/mol. The number of rotatable bonds is 13. The van der Waals surface area contributed by atoms with Crippen LogP contribution in [0.5, 0.6) is 17.2 Å². The Labute approximate surface area is 227 Å². The number of pyridine rings is 1. The number of hydrogen-bond donors (Lipinski definition) is 0. The van der Waals surface area contributed by atoms with Crippen molar-refractivity contribution < 1.29 is 42.5 Å². The number of methoxy groups -OCH3 is 2. The Kier molecular flexibility index (Phi) is 10.7. The minimum atomic E-state index is -0.784. The Balaban J connectivity index is 1.74. The van der Waals surface area contributed by atoms with Gasteiger partial charge < -0.3 is 23.7 Å². The van der Waals surface area contributed by atoms with Gasteiger partial charge in [0.25, 0.3) is 0 Å². The number of benzene rings is 1. The molecule has 1 aliphatic carbocycles. The van der Waals surface area contributed by atoms with Gasteiger partial charge in [0.1, 0.15) is 17.7 Å². The molecule has 0 spiro atoms. The molecule has 1 heterocycles. The lowest BCUT2D eigenvalue weighted by atomic mass is 9.80. The normalized spacial score (nSPS) is 15.6. The van der Waals surface area contributed by atoms with Crippen LogP contribution in [-0.4, -0.2) is 49.8 Å². The number of Topliss-reactive ketones (excluding diaryl/α,β-unsaturated/α-hetero) is 1. The highest BCUT2D eigenvalue weighted by Gasteiger charge is 2.36. The van der Waals surface area contributed by atoms with E-state index in [9.17, 15) is 18.8 Å². The quantitative estimate of drug-likeness (QED) is 0.189. The molecule has 1 aromatic heterocycles. The first-order valence-electron chi connectivity index (χ1n) is 13.0. The largest absolute Gasteiger partial charge is 0.496 e. The van der Waals surface area contributed by atoms with E-state index in [1.807, 2.05) is 6.92 Å². The Morgan fingerprint density at radius 1 is 1.05 bits per heavy atom. The second-order valence-electron chi connectivity index (χ2n) is 9.72. The summed E-state index contributed by atoms with van der Waals surface area (Å²) in [6.07, 6.45) is 4.76. The van der Waals surface area contributed by atoms with Crippen LogP contribution in [0.2, 0.25) is 0 Å². The molecular formula is C29H36FNO8. The third-order valence-electron chi connectivity index (χ3n) is 6.98. The van der Waals surface area contributed by atoms with Crippen LogP contribution in [0.15, 0.2) is 30.5 Å². The van der Waals surface area contributed by atoms with E-state index in [-0.39, 0.29) is 35.4 Å². The molecule has 0 amide bonds. The maximum Gasteiger partial charge on any atom is 0.309 e. The Morgan fingerprint density at radius 2 is 1.74 bits per heavy atom. The van der Waals surface area contributed by atoms with Crippen LogP contribution < -0.4 is 14.2 Å². The predicted octanol–water partition coefficient (Wildman–Crippen LogP) is 5.25. The molecule has 1 saturated carbocycles. The van der Waals surface area contributed by atoms with Crippen molar-refractivity contribution in [2.75, 3.05) is 21.0 Å². The lowest BCUT2D eigenvalue weighted by molar-refractivity contribution is -0.154. The smallest absolute Gasteiger partial charge is 0.309 e. The van der Waals surface area contributed by atoms with Gasteiger partial charge in [0, 0.05) is 43.2 Å². The van der Waals surface area contributed by atoms with Crippen LogP contribution in [0.4, 0.5) is 4.39 Å². The van der Waals surface area contributed by atoms with Gasteiger partial charge in [-0.15, -0.1) is 0 Å². The molecular weight excluding hydrogens is 509 g/mol. The van der Waals surface area contributed by atoms with E-state index in [0.717, 1.165) is 31.2 Å². The highest BCUT2D eigenvalue weighted by molar-refractivity contribution is 5.99. The zero-order valence-electron chi connectivity index (χ0n) is 23.0. The average molecular weight is 546 g/mol. The second kappa shape index (κ2) is 13.9. The summed E-state index contributed by atoms with van der Waals surface area (Å²) in [5.74, 6) is -2.00. The summed E-state index contributed by atoms with van der Waals surface area (Å²) >= 11 is 0. The number of esters is 2. The standard InChI is InChI=1S/C29H36FNO8/c1-17(14-23(33)27-28(38-16-37-19(3)32)24(35-4)12-13-31-27)29(34)39-18(2)26(20-8-6-7-9-20)22-11-10-21(30)15-25(22)36-5/h10-13,15,17-18,20,26H,6-9,14,16H2,1-5H3/t17-,18+,26-/m1/s1. The highest BCUT2D eigenvalue weighted by Crippen LogP contribution is 2.43. The highest BCUT2D eigenvalue weighted by atomic mass is 19.1. The van der Waals surface area contributed by atoms with Crippen molar-refractivity contribution in [1.82, 2.24) is 4.98 Å². The van der Waals surface area contributed by atoms with Crippen LogP contribution in [0.25, 0.3) is 0 Å². The first-order chi connectivity index (χ1) is 18.7. The Morgan fingerprint density at radius 3 is 2.38 bits per heavy atom. The lowest BCUT2D eigenvalue weighted by Crippen LogP contribution is -2.30. The second-order valence-corrected chi connectivity index (χ2v) is 9.72. The van der Waals surface area contributed by atoms with Crippen molar-refractivity contribution >= 4 is 17.7 Å². The molecule has 212 valence electrons. The van der Waals surface area contributed by atoms with Gasteiger partial charge in [-0.3, -0.25) is 14.4 Å². The van der Waals surface area contributed by atoms with E-state index in [2.05, 4.69) is 4.98 Å². The first-order valence-corrected chi connectivity index (χ1v) is 13.0. The molecule has 0 bridgehead atoms. The number of hydrogen-bond acceptors (Lipinski definition) is 9. The fraction of sp³-hybridized carbons (Fsp3) is 0.517. The van der Waals surface area contributed by atoms with E-state index < -0.39 is 42.4 Å². The van der Waals surface area contributed by atoms with Gasteiger partial charge in [-0.1, -0.05) is 25.8 Å². The molecule has 1 aromatic carbocycles. The SMILES string of the molecule is COc1cc(F)ccc1[C@@H](C1CCCC1)[C@H](C)OC(=O)[C@H](C)CC(=O)c1nccc(OC)c1OCOC(C)=O. The fourth-order valence-corrected chi connectivity index (χ4v) is 5.10. The lowest BCUT2D eigenvalue weighted by Gasteiger charge is -2.31. The maximum atomic E-state index is 13.9. The topological polar surface area (TPSA) is 110 Å². The molecule has 0 aliphatic heterocycles. The molecule has 2 aromatic rings. The van der Waals surface area contributed by atoms with Crippen molar-refractivity contribution in [3.8, 4) is 17.2 Å². The molecule has 1 fully saturated rings. The number of aromatic nitrogens is 1. The van der Waals surface area contributed by atoms with Crippen LogP contribution >= 0.6 is 0 Å². The molecule has 3 atom stereocenters. The van der Waals surface area contributed by atoms with Crippen LogP contribution in [0.3, 0.4) is 0 Å². The summed E-state index contributed by atoms with van der Waals surface area (Å²) < 4.78 is 40.8. The summed E-state index contributed by atoms with van der Waals surface area (Å²) in [5, 5.41) is 0. The molecule has 1 aliphatic rings. The predicted molar refractivity (Wildman–Crippen MR) is 139 cm³/mol. The summed E-state index contributed by atoms with van der Waals surface area (Å²) in [6, 6.07) is 5.93. The van der Waals surface area contributed by atoms with Crippen molar-refractivity contribution in [2.45, 2.75) is 64.9 Å². The van der Waals surface area contributed by atoms with Crippen LogP contribution in [0.1, 0.15) is 74.8 Å². The van der Waals surface area contributed by atoms with Gasteiger partial charge in [-0.2, -0.15) is 0 Å². The van der Waals surface area contributed by atoms with Crippen molar-refractivity contribution in [1.29, 1.82) is 0 Å². The number of halogens is 1. The van der Waals surface area contributed by atoms with Gasteiger partial charge in [0.05, 0.1) is 20.1 Å². The van der Waals surface area contributed by atoms with Crippen molar-refractivity contribution in [3.63, 3.8) is 0 Å². The maximum absolute atomic E-state index is 13.9. The summed E-state index contributed by atoms with van der Waals surface area (Å²) in [5.41, 5.74) is 0.749. The zero-order chi connectivity index (χ0) is 28.5. The van der Waals surface area contributed by atoms with E-state index in [0.29, 0.717) is 5.75 Å². The first kappa shape index (κ1) is 29.9. The molecule has 3 rings (SSSR count). The minimum absolute atomic E-state index is 0.0184. The molecule has 0 unspecified atom stereocenters. The zero-order valence-corrected chi connectivity index (χ0v) is 23.0. The van der Waals surface area contributed by atoms with Gasteiger partial charge in [0.2, 0.25) is 6.79 Å². The Hall–Kier alpha value is -3.69. The van der Waals surface area contributed by atoms with Gasteiger partial charge in [-0.25, -0.2) is 9.37 Å². The number of carbonyl (C=O) groups is 3. The number of nitrogens with zero attached hydrogens (tertiary/aromatic N) is 1. The molecule has 0 N–H and O–H groups in total. The summed E-state index contributed by atoms with van der Waals surface area (Å²) in [7, 11) is 2.89. The number of ether oxygens (including phenoxy) is 5. The molecule has 9 nitrogen and oxygen atoms in total. The Bertz CT molecular complexity index is 1160. The van der Waals surface area contributed by atoms with E-state index in [1.165, 1.54) is 45.5 Å². The van der Waals surface area contributed by atoms with Gasteiger partial charge >= 0.3 is 11.9 Å². The summed E-state index contributed by atoms with van der Waals surface area (Å²) in [6.45, 7) is 4.23. The van der Waals surface area contributed by atoms with Crippen molar-refractivity contribution in [3.05, 3.63) is 47.5 Å². The molecule has 10 heteroatoms. The van der Waals surface area contributed by atoms with Crippen LogP contribution in [-0.2, 0) is 19.1 Å². The average Bonchev–Trinajstić information content (AvgIpc) is 3.43. The van der Waals surface area contributed by atoms with Crippen molar-refractivity contribution in [2.24, 2.45) is 11.8 Å². The van der Waals surface area contributed by atoms with E-state index >= 15 is 0 Å². The molecule has 0 saturated heterocycles. The number of ketones is 1. The number of carbonyl (C=O) groups excluding carboxylic acids is 3. The fourth-order valence-electron chi connectivity index (χ4n) is 5.10. The van der Waals surface area contributed by atoms with Crippen LogP contribution in [0, 0.1) is 17.7 Å². The third-order valence-corrected chi connectivity index (χ3v) is 6.98. The minimum Gasteiger partial charge on any atom is -0.496 e. The third kappa shape index (κ3) is 7.68. The molecule has 0 radical (unpaired) electrons. The van der Waals surface area contributed by atoms with E-state index in [4.69, 9.17) is 23.7 Å². The summed E-state index contributed by atoms with van der Waals surface area (Å²) in [4.78, 5) is 41.5. The van der Waals surface area contributed by atoms with Gasteiger partial charge in [0.15, 0.2) is 23.0 Å².